The summed E-state index contributed by atoms with van der Waals surface area (Å²) in [6, 6.07) is 0. The van der Waals surface area contributed by atoms with E-state index in [1.54, 1.807) is 5.38 Å². The van der Waals surface area contributed by atoms with Crippen LogP contribution in [-0.4, -0.2) is 21.0 Å². The molecule has 0 bridgehead atoms. The smallest absolute Gasteiger partial charge is 0.357 e. The molecule has 2 aromatic rings. The number of aromatic nitrogens is 2. The quantitative estimate of drug-likeness (QED) is 0.817. The van der Waals surface area contributed by atoms with Crippen molar-refractivity contribution in [3.8, 4) is 11.6 Å². The van der Waals surface area contributed by atoms with Crippen molar-refractivity contribution in [1.82, 2.24) is 9.97 Å². The molecule has 2 heterocycles. The number of carbonyl (C=O) groups is 1. The van der Waals surface area contributed by atoms with Gasteiger partial charge < -0.3 is 9.52 Å². The van der Waals surface area contributed by atoms with Gasteiger partial charge in [0.2, 0.25) is 5.89 Å². The van der Waals surface area contributed by atoms with E-state index in [1.807, 2.05) is 6.92 Å². The molecular formula is C8H6N2O3S. The molecule has 0 aliphatic carbocycles. The summed E-state index contributed by atoms with van der Waals surface area (Å²) in [4.78, 5) is 18.4. The van der Waals surface area contributed by atoms with Crippen LogP contribution in [0.5, 0.6) is 0 Å². The zero-order chi connectivity index (χ0) is 10.1. The van der Waals surface area contributed by atoms with Crippen LogP contribution in [0.1, 0.15) is 15.5 Å². The normalized spacial score (nSPS) is 10.4. The lowest BCUT2D eigenvalue weighted by atomic mass is 10.5. The number of carboxylic acid groups (broad SMARTS) is 1. The van der Waals surface area contributed by atoms with Gasteiger partial charge in [-0.05, 0) is 6.92 Å². The van der Waals surface area contributed by atoms with Crippen LogP contribution in [0.3, 0.4) is 0 Å². The van der Waals surface area contributed by atoms with Crippen molar-refractivity contribution in [2.24, 2.45) is 0 Å². The highest BCUT2D eigenvalue weighted by Crippen LogP contribution is 2.20. The predicted molar refractivity (Wildman–Crippen MR) is 49.3 cm³/mol. The maximum Gasteiger partial charge on any atom is 0.357 e. The van der Waals surface area contributed by atoms with Crippen LogP contribution in [0.15, 0.2) is 16.1 Å². The van der Waals surface area contributed by atoms with Gasteiger partial charge in [-0.15, -0.1) is 11.3 Å². The van der Waals surface area contributed by atoms with Crippen molar-refractivity contribution in [2.45, 2.75) is 6.92 Å². The van der Waals surface area contributed by atoms with Crippen LogP contribution >= 0.6 is 11.3 Å². The summed E-state index contributed by atoms with van der Waals surface area (Å²) < 4.78 is 4.98. The van der Waals surface area contributed by atoms with Crippen LogP contribution in [-0.2, 0) is 0 Å². The number of aryl methyl sites for hydroxylation is 1. The zero-order valence-electron chi connectivity index (χ0n) is 7.22. The van der Waals surface area contributed by atoms with Gasteiger partial charge in [0, 0.05) is 5.38 Å². The Morgan fingerprint density at radius 1 is 1.57 bits per heavy atom. The summed E-state index contributed by atoms with van der Waals surface area (Å²) in [5.74, 6) is -0.862. The van der Waals surface area contributed by atoms with Crippen LogP contribution in [0.25, 0.3) is 11.6 Å². The third-order valence-electron chi connectivity index (χ3n) is 1.56. The second-order valence-corrected chi connectivity index (χ2v) is 3.66. The van der Waals surface area contributed by atoms with Crippen LogP contribution in [0.4, 0.5) is 0 Å². The van der Waals surface area contributed by atoms with Crippen LogP contribution in [0, 0.1) is 6.92 Å². The minimum atomic E-state index is -1.10. The second kappa shape index (κ2) is 3.22. The summed E-state index contributed by atoms with van der Waals surface area (Å²) in [6.45, 7) is 1.86. The highest BCUT2D eigenvalue weighted by Gasteiger charge is 2.13. The van der Waals surface area contributed by atoms with Crippen molar-refractivity contribution < 1.29 is 14.3 Å². The molecule has 0 aliphatic heterocycles. The number of carboxylic acids is 1. The van der Waals surface area contributed by atoms with E-state index < -0.39 is 5.97 Å². The largest absolute Gasteiger partial charge is 0.476 e. The molecule has 2 rings (SSSR count). The SMILES string of the molecule is Cc1nc(-c2nc(C(=O)O)co2)cs1. The Morgan fingerprint density at radius 2 is 2.36 bits per heavy atom. The lowest BCUT2D eigenvalue weighted by molar-refractivity contribution is 0.0690. The maximum atomic E-state index is 10.5. The molecular weight excluding hydrogens is 204 g/mol. The first-order valence-electron chi connectivity index (χ1n) is 3.78. The number of hydrogen-bond donors (Lipinski definition) is 1. The fourth-order valence-corrected chi connectivity index (χ4v) is 1.54. The van der Waals surface area contributed by atoms with E-state index in [4.69, 9.17) is 9.52 Å². The lowest BCUT2D eigenvalue weighted by Gasteiger charge is -1.84. The monoisotopic (exact) mass is 210 g/mol. The molecule has 0 aromatic carbocycles. The van der Waals surface area contributed by atoms with E-state index in [2.05, 4.69) is 9.97 Å². The van der Waals surface area contributed by atoms with E-state index in [9.17, 15) is 4.79 Å². The molecule has 0 unspecified atom stereocenters. The fourth-order valence-electron chi connectivity index (χ4n) is 0.951. The molecule has 0 saturated carbocycles. The van der Waals surface area contributed by atoms with Gasteiger partial charge in [0.15, 0.2) is 5.69 Å². The van der Waals surface area contributed by atoms with E-state index in [-0.39, 0.29) is 11.6 Å². The van der Waals surface area contributed by atoms with Gasteiger partial charge in [0.05, 0.1) is 5.01 Å². The van der Waals surface area contributed by atoms with Gasteiger partial charge in [-0.1, -0.05) is 0 Å². The Labute approximate surface area is 83.0 Å². The minimum absolute atomic E-state index is 0.106. The first-order valence-corrected chi connectivity index (χ1v) is 4.66. The Morgan fingerprint density at radius 3 is 2.86 bits per heavy atom. The maximum absolute atomic E-state index is 10.5. The fraction of sp³-hybridized carbons (Fsp3) is 0.125. The third kappa shape index (κ3) is 1.51. The Kier molecular flexibility index (Phi) is 2.05. The number of rotatable bonds is 2. The highest BCUT2D eigenvalue weighted by atomic mass is 32.1. The van der Waals surface area contributed by atoms with Crippen molar-refractivity contribution in [3.63, 3.8) is 0 Å². The van der Waals surface area contributed by atoms with Crippen molar-refractivity contribution in [2.75, 3.05) is 0 Å². The first-order chi connectivity index (χ1) is 6.66. The van der Waals surface area contributed by atoms with Gasteiger partial charge >= 0.3 is 5.97 Å². The van der Waals surface area contributed by atoms with Gasteiger partial charge in [-0.3, -0.25) is 0 Å². The molecule has 0 aliphatic rings. The van der Waals surface area contributed by atoms with Crippen molar-refractivity contribution in [3.05, 3.63) is 22.3 Å². The zero-order valence-corrected chi connectivity index (χ0v) is 8.04. The summed E-state index contributed by atoms with van der Waals surface area (Å²) in [6.07, 6.45) is 1.10. The molecule has 0 amide bonds. The van der Waals surface area contributed by atoms with E-state index >= 15 is 0 Å². The molecule has 0 spiro atoms. The molecule has 2 aromatic heterocycles. The summed E-state index contributed by atoms with van der Waals surface area (Å²) in [5, 5.41) is 11.3. The molecule has 0 atom stereocenters. The topological polar surface area (TPSA) is 76.2 Å². The van der Waals surface area contributed by atoms with Crippen molar-refractivity contribution >= 4 is 17.3 Å². The minimum Gasteiger partial charge on any atom is -0.476 e. The van der Waals surface area contributed by atoms with Crippen LogP contribution in [0.2, 0.25) is 0 Å². The lowest BCUT2D eigenvalue weighted by Crippen LogP contribution is -1.95. The highest BCUT2D eigenvalue weighted by molar-refractivity contribution is 7.09. The average Bonchev–Trinajstić information content (AvgIpc) is 2.70. The van der Waals surface area contributed by atoms with Crippen molar-refractivity contribution in [1.29, 1.82) is 0 Å². The molecule has 72 valence electrons. The second-order valence-electron chi connectivity index (χ2n) is 2.59. The van der Waals surface area contributed by atoms with E-state index in [0.717, 1.165) is 11.3 Å². The molecule has 0 radical (unpaired) electrons. The van der Waals surface area contributed by atoms with Gasteiger partial charge in [-0.25, -0.2) is 14.8 Å². The van der Waals surface area contributed by atoms with E-state index in [1.165, 1.54) is 11.3 Å². The number of thiazole rings is 1. The van der Waals surface area contributed by atoms with Gasteiger partial charge in [0.25, 0.3) is 0 Å². The summed E-state index contributed by atoms with van der Waals surface area (Å²) in [7, 11) is 0. The summed E-state index contributed by atoms with van der Waals surface area (Å²) in [5.41, 5.74) is 0.464. The number of aromatic carboxylic acids is 1. The Bertz CT molecular complexity index is 474. The molecule has 0 saturated heterocycles. The third-order valence-corrected chi connectivity index (χ3v) is 2.33. The predicted octanol–water partition coefficient (Wildman–Crippen LogP) is 1.80. The van der Waals surface area contributed by atoms with Crippen LogP contribution < -0.4 is 0 Å². The first kappa shape index (κ1) is 8.89. The molecule has 5 nitrogen and oxygen atoms in total. The molecule has 1 N–H and O–H groups in total. The number of nitrogens with zero attached hydrogens (tertiary/aromatic N) is 2. The Hall–Kier alpha value is -1.69. The van der Waals surface area contributed by atoms with Gasteiger partial charge in [-0.2, -0.15) is 0 Å². The van der Waals surface area contributed by atoms with E-state index in [0.29, 0.717) is 5.69 Å². The number of oxazole rings is 1. The van der Waals surface area contributed by atoms with Gasteiger partial charge in [0.1, 0.15) is 12.0 Å². The molecule has 14 heavy (non-hydrogen) atoms. The summed E-state index contributed by atoms with van der Waals surface area (Å²) >= 11 is 1.46. The number of hydrogen-bond acceptors (Lipinski definition) is 5. The standard InChI is InChI=1S/C8H6N2O3S/c1-4-9-6(3-14-4)7-10-5(2-13-7)8(11)12/h2-3H,1H3,(H,11,12). The Balaban J connectivity index is 2.38. The molecule has 0 fully saturated rings. The average molecular weight is 210 g/mol. The molecule has 6 heteroatoms.